The Hall–Kier alpha value is -1.12. The van der Waals surface area contributed by atoms with Gasteiger partial charge in [-0.15, -0.1) is 0 Å². The third-order valence-electron chi connectivity index (χ3n) is 1.78. The van der Waals surface area contributed by atoms with Gasteiger partial charge >= 0.3 is 0 Å². The van der Waals surface area contributed by atoms with Gasteiger partial charge in [-0.05, 0) is 23.8 Å². The lowest BCUT2D eigenvalue weighted by molar-refractivity contribution is 0.384. The van der Waals surface area contributed by atoms with Gasteiger partial charge in [0, 0.05) is 12.1 Å². The molecule has 2 rings (SSSR count). The fourth-order valence-corrected chi connectivity index (χ4v) is 1.28. The molecule has 0 aliphatic carbocycles. The molecule has 0 unspecified atom stereocenters. The number of halogens is 2. The monoisotopic (exact) mass is 155 g/mol. The molecular formula is C8H7F2N. The Morgan fingerprint density at radius 3 is 3.09 bits per heavy atom. The van der Waals surface area contributed by atoms with E-state index in [2.05, 4.69) is 5.32 Å². The first-order valence-corrected chi connectivity index (χ1v) is 3.45. The van der Waals surface area contributed by atoms with Crippen LogP contribution in [0.1, 0.15) is 5.56 Å². The third kappa shape index (κ3) is 1.06. The Morgan fingerprint density at radius 1 is 1.45 bits per heavy atom. The van der Waals surface area contributed by atoms with E-state index in [1.807, 2.05) is 0 Å². The third-order valence-corrected chi connectivity index (χ3v) is 1.78. The molecule has 0 fully saturated rings. The molecule has 1 heterocycles. The second-order valence-corrected chi connectivity index (χ2v) is 2.62. The van der Waals surface area contributed by atoms with Crippen molar-refractivity contribution in [2.75, 3.05) is 5.32 Å². The SMILES string of the molecule is Fc1ccc2c(c1)C[C@@H](F)N2. The summed E-state index contributed by atoms with van der Waals surface area (Å²) >= 11 is 0. The van der Waals surface area contributed by atoms with Crippen LogP contribution in [0.4, 0.5) is 14.5 Å². The van der Waals surface area contributed by atoms with Gasteiger partial charge in [0.05, 0.1) is 0 Å². The number of hydrogen-bond donors (Lipinski definition) is 1. The first-order chi connectivity index (χ1) is 5.25. The molecule has 1 N–H and O–H groups in total. The van der Waals surface area contributed by atoms with Crippen LogP contribution in [0.3, 0.4) is 0 Å². The van der Waals surface area contributed by atoms with Crippen LogP contribution >= 0.6 is 0 Å². The number of hydrogen-bond acceptors (Lipinski definition) is 1. The standard InChI is InChI=1S/C8H7F2N/c9-6-1-2-7-5(3-6)4-8(10)11-7/h1-3,8,11H,4H2/t8-/m0/s1. The Kier molecular flexibility index (Phi) is 1.31. The lowest BCUT2D eigenvalue weighted by atomic mass is 10.2. The number of benzene rings is 1. The normalized spacial score (nSPS) is 21.1. The highest BCUT2D eigenvalue weighted by Crippen LogP contribution is 2.26. The van der Waals surface area contributed by atoms with Crippen LogP contribution in [0.15, 0.2) is 18.2 Å². The van der Waals surface area contributed by atoms with Gasteiger partial charge in [-0.25, -0.2) is 8.78 Å². The Balaban J connectivity index is 2.43. The van der Waals surface area contributed by atoms with Crippen molar-refractivity contribution in [2.24, 2.45) is 0 Å². The first kappa shape index (κ1) is 6.58. The van der Waals surface area contributed by atoms with Crippen LogP contribution in [0, 0.1) is 5.82 Å². The molecule has 1 aliphatic rings. The van der Waals surface area contributed by atoms with Crippen LogP contribution in [0.5, 0.6) is 0 Å². The van der Waals surface area contributed by atoms with E-state index in [0.717, 1.165) is 5.56 Å². The van der Waals surface area contributed by atoms with Gasteiger partial charge < -0.3 is 5.32 Å². The molecule has 0 spiro atoms. The van der Waals surface area contributed by atoms with Crippen molar-refractivity contribution in [3.63, 3.8) is 0 Å². The van der Waals surface area contributed by atoms with Crippen LogP contribution in [-0.4, -0.2) is 6.30 Å². The van der Waals surface area contributed by atoms with Gasteiger partial charge in [0.15, 0.2) is 6.30 Å². The molecule has 0 amide bonds. The van der Waals surface area contributed by atoms with E-state index in [-0.39, 0.29) is 12.2 Å². The average Bonchev–Trinajstić information content (AvgIpc) is 2.27. The quantitative estimate of drug-likeness (QED) is 0.565. The van der Waals surface area contributed by atoms with E-state index in [1.165, 1.54) is 12.1 Å². The van der Waals surface area contributed by atoms with E-state index < -0.39 is 6.30 Å². The van der Waals surface area contributed by atoms with Gasteiger partial charge in [0.25, 0.3) is 0 Å². The molecule has 1 atom stereocenters. The Morgan fingerprint density at radius 2 is 2.27 bits per heavy atom. The van der Waals surface area contributed by atoms with E-state index in [1.54, 1.807) is 6.07 Å². The summed E-state index contributed by atoms with van der Waals surface area (Å²) in [6, 6.07) is 4.25. The van der Waals surface area contributed by atoms with Crippen LogP contribution < -0.4 is 5.32 Å². The first-order valence-electron chi connectivity index (χ1n) is 3.45. The van der Waals surface area contributed by atoms with Gasteiger partial charge in [-0.3, -0.25) is 0 Å². The molecule has 0 radical (unpaired) electrons. The Labute approximate surface area is 63.0 Å². The number of fused-ring (bicyclic) bond motifs is 1. The number of alkyl halides is 1. The second-order valence-electron chi connectivity index (χ2n) is 2.62. The largest absolute Gasteiger partial charge is 0.356 e. The maximum atomic E-state index is 12.6. The van der Waals surface area contributed by atoms with E-state index in [4.69, 9.17) is 0 Å². The predicted molar refractivity (Wildman–Crippen MR) is 38.6 cm³/mol. The van der Waals surface area contributed by atoms with Crippen LogP contribution in [0.2, 0.25) is 0 Å². The molecule has 0 aromatic heterocycles. The lowest BCUT2D eigenvalue weighted by Crippen LogP contribution is -2.06. The molecule has 1 aromatic rings. The van der Waals surface area contributed by atoms with E-state index in [9.17, 15) is 8.78 Å². The highest BCUT2D eigenvalue weighted by atomic mass is 19.1. The fourth-order valence-electron chi connectivity index (χ4n) is 1.28. The van der Waals surface area contributed by atoms with Crippen molar-refractivity contribution >= 4 is 5.69 Å². The van der Waals surface area contributed by atoms with Crippen molar-refractivity contribution in [1.82, 2.24) is 0 Å². The summed E-state index contributed by atoms with van der Waals surface area (Å²) in [6.07, 6.45) is -0.778. The number of anilines is 1. The molecule has 0 saturated carbocycles. The minimum atomic E-state index is -1.05. The van der Waals surface area contributed by atoms with Crippen LogP contribution in [-0.2, 0) is 6.42 Å². The zero-order valence-electron chi connectivity index (χ0n) is 5.77. The highest BCUT2D eigenvalue weighted by molar-refractivity contribution is 5.55. The average molecular weight is 155 g/mol. The maximum Gasteiger partial charge on any atom is 0.174 e. The molecule has 11 heavy (non-hydrogen) atoms. The smallest absolute Gasteiger partial charge is 0.174 e. The summed E-state index contributed by atoms with van der Waals surface area (Å²) in [4.78, 5) is 0. The molecule has 58 valence electrons. The minimum absolute atomic E-state index is 0.271. The lowest BCUT2D eigenvalue weighted by Gasteiger charge is -1.97. The fraction of sp³-hybridized carbons (Fsp3) is 0.250. The highest BCUT2D eigenvalue weighted by Gasteiger charge is 2.19. The molecule has 0 bridgehead atoms. The summed E-state index contributed by atoms with van der Waals surface area (Å²) in [5, 5.41) is 2.59. The number of rotatable bonds is 0. The summed E-state index contributed by atoms with van der Waals surface area (Å²) in [5.74, 6) is -0.306. The van der Waals surface area contributed by atoms with Gasteiger partial charge in [-0.1, -0.05) is 0 Å². The van der Waals surface area contributed by atoms with Crippen molar-refractivity contribution in [1.29, 1.82) is 0 Å². The topological polar surface area (TPSA) is 12.0 Å². The molecule has 3 heteroatoms. The predicted octanol–water partition coefficient (Wildman–Crippen LogP) is 2.09. The second kappa shape index (κ2) is 2.19. The minimum Gasteiger partial charge on any atom is -0.356 e. The van der Waals surface area contributed by atoms with Crippen molar-refractivity contribution in [3.8, 4) is 0 Å². The molecule has 0 saturated heterocycles. The van der Waals surface area contributed by atoms with Crippen molar-refractivity contribution in [2.45, 2.75) is 12.7 Å². The molecular weight excluding hydrogens is 148 g/mol. The van der Waals surface area contributed by atoms with Crippen LogP contribution in [0.25, 0.3) is 0 Å². The van der Waals surface area contributed by atoms with Gasteiger partial charge in [0.2, 0.25) is 0 Å². The molecule has 1 aliphatic heterocycles. The van der Waals surface area contributed by atoms with Gasteiger partial charge in [-0.2, -0.15) is 0 Å². The Bertz CT molecular complexity index is 285. The maximum absolute atomic E-state index is 12.6. The summed E-state index contributed by atoms with van der Waals surface area (Å²) in [5.41, 5.74) is 1.43. The van der Waals surface area contributed by atoms with Gasteiger partial charge in [0.1, 0.15) is 5.82 Å². The van der Waals surface area contributed by atoms with Crippen molar-refractivity contribution < 1.29 is 8.78 Å². The zero-order valence-corrected chi connectivity index (χ0v) is 5.77. The van der Waals surface area contributed by atoms with E-state index >= 15 is 0 Å². The van der Waals surface area contributed by atoms with Crippen molar-refractivity contribution in [3.05, 3.63) is 29.6 Å². The molecule has 1 aromatic carbocycles. The number of nitrogens with one attached hydrogen (secondary N) is 1. The summed E-state index contributed by atoms with van der Waals surface area (Å²) < 4.78 is 25.2. The summed E-state index contributed by atoms with van der Waals surface area (Å²) in [6.45, 7) is 0. The zero-order chi connectivity index (χ0) is 7.84. The van der Waals surface area contributed by atoms with E-state index in [0.29, 0.717) is 5.69 Å². The summed E-state index contributed by atoms with van der Waals surface area (Å²) in [7, 11) is 0. The molecule has 1 nitrogen and oxygen atoms in total.